The third-order valence-electron chi connectivity index (χ3n) is 2.48. The van der Waals surface area contributed by atoms with Crippen molar-refractivity contribution in [3.05, 3.63) is 59.7 Å². The molecule has 0 saturated heterocycles. The molecule has 1 atom stereocenters. The molecule has 0 aliphatic carbocycles. The Bertz CT molecular complexity index is 456. The standard InChI is InChI=1S/C13H14N2O/c1-10-8-12(4-7-15-10)13(16)9-11-2-5-14-6-3-11/h2-8,13,16H,9H2,1H3. The van der Waals surface area contributed by atoms with Gasteiger partial charge in [-0.05, 0) is 42.3 Å². The molecule has 0 fully saturated rings. The summed E-state index contributed by atoms with van der Waals surface area (Å²) in [5.41, 5.74) is 2.91. The lowest BCUT2D eigenvalue weighted by atomic mass is 10.0. The minimum absolute atomic E-state index is 0.482. The van der Waals surface area contributed by atoms with Crippen molar-refractivity contribution in [3.8, 4) is 0 Å². The van der Waals surface area contributed by atoms with Gasteiger partial charge < -0.3 is 5.11 Å². The molecule has 2 rings (SSSR count). The van der Waals surface area contributed by atoms with E-state index >= 15 is 0 Å². The molecule has 0 aromatic carbocycles. The highest BCUT2D eigenvalue weighted by Crippen LogP contribution is 2.17. The molecule has 82 valence electrons. The van der Waals surface area contributed by atoms with Crippen molar-refractivity contribution in [2.75, 3.05) is 0 Å². The van der Waals surface area contributed by atoms with Crippen LogP contribution >= 0.6 is 0 Å². The highest BCUT2D eigenvalue weighted by Gasteiger charge is 2.08. The largest absolute Gasteiger partial charge is 0.388 e. The summed E-state index contributed by atoms with van der Waals surface area (Å²) >= 11 is 0. The molecule has 0 spiro atoms. The molecule has 2 aromatic heterocycles. The second-order valence-corrected chi connectivity index (χ2v) is 3.81. The molecular formula is C13H14N2O. The number of aliphatic hydroxyl groups is 1. The summed E-state index contributed by atoms with van der Waals surface area (Å²) in [6, 6.07) is 7.58. The van der Waals surface area contributed by atoms with Gasteiger partial charge in [0.25, 0.3) is 0 Å². The fourth-order valence-corrected chi connectivity index (χ4v) is 1.63. The van der Waals surface area contributed by atoms with Gasteiger partial charge in [0.2, 0.25) is 0 Å². The molecule has 2 heterocycles. The zero-order valence-electron chi connectivity index (χ0n) is 9.17. The lowest BCUT2D eigenvalue weighted by Crippen LogP contribution is -2.02. The first-order chi connectivity index (χ1) is 7.75. The van der Waals surface area contributed by atoms with E-state index in [1.807, 2.05) is 31.2 Å². The van der Waals surface area contributed by atoms with Crippen LogP contribution in [0.3, 0.4) is 0 Å². The van der Waals surface area contributed by atoms with Crippen molar-refractivity contribution < 1.29 is 5.11 Å². The molecule has 0 saturated carbocycles. The summed E-state index contributed by atoms with van der Waals surface area (Å²) in [6.07, 6.45) is 5.32. The van der Waals surface area contributed by atoms with Crippen LogP contribution in [-0.4, -0.2) is 15.1 Å². The molecule has 0 amide bonds. The van der Waals surface area contributed by atoms with Crippen LogP contribution in [0.4, 0.5) is 0 Å². The van der Waals surface area contributed by atoms with Crippen LogP contribution in [0.15, 0.2) is 42.9 Å². The maximum atomic E-state index is 10.1. The molecular weight excluding hydrogens is 200 g/mol. The third-order valence-corrected chi connectivity index (χ3v) is 2.48. The van der Waals surface area contributed by atoms with E-state index in [1.54, 1.807) is 18.6 Å². The third kappa shape index (κ3) is 2.64. The molecule has 1 unspecified atom stereocenters. The zero-order valence-corrected chi connectivity index (χ0v) is 9.17. The zero-order chi connectivity index (χ0) is 11.4. The van der Waals surface area contributed by atoms with Gasteiger partial charge in [0.05, 0.1) is 6.10 Å². The van der Waals surface area contributed by atoms with Gasteiger partial charge in [0.15, 0.2) is 0 Å². The molecule has 1 N–H and O–H groups in total. The van der Waals surface area contributed by atoms with Crippen molar-refractivity contribution >= 4 is 0 Å². The minimum atomic E-state index is -0.482. The van der Waals surface area contributed by atoms with E-state index in [-0.39, 0.29) is 0 Å². The maximum Gasteiger partial charge on any atom is 0.0831 e. The van der Waals surface area contributed by atoms with Gasteiger partial charge in [-0.2, -0.15) is 0 Å². The number of nitrogens with zero attached hydrogens (tertiary/aromatic N) is 2. The summed E-state index contributed by atoms with van der Waals surface area (Å²) in [5, 5.41) is 10.1. The van der Waals surface area contributed by atoms with Crippen LogP contribution in [0.1, 0.15) is 22.9 Å². The molecule has 2 aromatic rings. The first-order valence-corrected chi connectivity index (χ1v) is 5.25. The summed E-state index contributed by atoms with van der Waals surface area (Å²) < 4.78 is 0. The summed E-state index contributed by atoms with van der Waals surface area (Å²) in [6.45, 7) is 1.92. The lowest BCUT2D eigenvalue weighted by molar-refractivity contribution is 0.178. The van der Waals surface area contributed by atoms with Crippen LogP contribution in [-0.2, 0) is 6.42 Å². The monoisotopic (exact) mass is 214 g/mol. The second-order valence-electron chi connectivity index (χ2n) is 3.81. The average molecular weight is 214 g/mol. The van der Waals surface area contributed by atoms with E-state index < -0.39 is 6.10 Å². The van der Waals surface area contributed by atoms with Crippen molar-refractivity contribution in [2.24, 2.45) is 0 Å². The smallest absolute Gasteiger partial charge is 0.0831 e. The minimum Gasteiger partial charge on any atom is -0.388 e. The van der Waals surface area contributed by atoms with E-state index in [9.17, 15) is 5.11 Å². The Morgan fingerprint density at radius 3 is 2.62 bits per heavy atom. The van der Waals surface area contributed by atoms with Crippen LogP contribution in [0.5, 0.6) is 0 Å². The Morgan fingerprint density at radius 1 is 1.19 bits per heavy atom. The van der Waals surface area contributed by atoms with Gasteiger partial charge in [-0.3, -0.25) is 9.97 Å². The van der Waals surface area contributed by atoms with E-state index in [0.29, 0.717) is 6.42 Å². The van der Waals surface area contributed by atoms with Gasteiger partial charge in [-0.1, -0.05) is 0 Å². The summed E-state index contributed by atoms with van der Waals surface area (Å²) in [4.78, 5) is 8.06. The maximum absolute atomic E-state index is 10.1. The fraction of sp³-hybridized carbons (Fsp3) is 0.231. The fourth-order valence-electron chi connectivity index (χ4n) is 1.63. The number of hydrogen-bond donors (Lipinski definition) is 1. The Kier molecular flexibility index (Phi) is 3.27. The van der Waals surface area contributed by atoms with E-state index in [1.165, 1.54) is 0 Å². The number of aliphatic hydroxyl groups excluding tert-OH is 1. The van der Waals surface area contributed by atoms with Crippen LogP contribution in [0.25, 0.3) is 0 Å². The quantitative estimate of drug-likeness (QED) is 0.850. The summed E-state index contributed by atoms with van der Waals surface area (Å²) in [7, 11) is 0. The van der Waals surface area contributed by atoms with E-state index in [0.717, 1.165) is 16.8 Å². The molecule has 0 bridgehead atoms. The topological polar surface area (TPSA) is 46.0 Å². The Hall–Kier alpha value is -1.74. The average Bonchev–Trinajstić information content (AvgIpc) is 2.30. The Balaban J connectivity index is 2.12. The van der Waals surface area contributed by atoms with Crippen molar-refractivity contribution in [2.45, 2.75) is 19.4 Å². The van der Waals surface area contributed by atoms with Crippen LogP contribution in [0.2, 0.25) is 0 Å². The van der Waals surface area contributed by atoms with Gasteiger partial charge in [0, 0.05) is 30.7 Å². The van der Waals surface area contributed by atoms with Gasteiger partial charge in [-0.25, -0.2) is 0 Å². The Labute approximate surface area is 94.8 Å². The first kappa shape index (κ1) is 10.8. The van der Waals surface area contributed by atoms with Crippen molar-refractivity contribution in [1.29, 1.82) is 0 Å². The van der Waals surface area contributed by atoms with Gasteiger partial charge in [-0.15, -0.1) is 0 Å². The number of aromatic nitrogens is 2. The predicted molar refractivity (Wildman–Crippen MR) is 61.9 cm³/mol. The first-order valence-electron chi connectivity index (χ1n) is 5.25. The molecule has 0 aliphatic heterocycles. The van der Waals surface area contributed by atoms with Gasteiger partial charge >= 0.3 is 0 Å². The molecule has 0 radical (unpaired) electrons. The van der Waals surface area contributed by atoms with Crippen LogP contribution < -0.4 is 0 Å². The SMILES string of the molecule is Cc1cc(C(O)Cc2ccncc2)ccn1. The summed E-state index contributed by atoms with van der Waals surface area (Å²) in [5.74, 6) is 0. The van der Waals surface area contributed by atoms with Gasteiger partial charge in [0.1, 0.15) is 0 Å². The normalized spacial score (nSPS) is 12.4. The number of hydrogen-bond acceptors (Lipinski definition) is 3. The molecule has 0 aliphatic rings. The van der Waals surface area contributed by atoms with Crippen molar-refractivity contribution in [1.82, 2.24) is 9.97 Å². The predicted octanol–water partition coefficient (Wildman–Crippen LogP) is 2.06. The van der Waals surface area contributed by atoms with E-state index in [4.69, 9.17) is 0 Å². The van der Waals surface area contributed by atoms with E-state index in [2.05, 4.69) is 9.97 Å². The molecule has 3 nitrogen and oxygen atoms in total. The van der Waals surface area contributed by atoms with Crippen molar-refractivity contribution in [3.63, 3.8) is 0 Å². The number of aryl methyl sites for hydroxylation is 1. The number of pyridine rings is 2. The molecule has 16 heavy (non-hydrogen) atoms. The second kappa shape index (κ2) is 4.86. The molecule has 3 heteroatoms. The lowest BCUT2D eigenvalue weighted by Gasteiger charge is -2.11. The Morgan fingerprint density at radius 2 is 1.94 bits per heavy atom. The highest BCUT2D eigenvalue weighted by molar-refractivity contribution is 5.21. The van der Waals surface area contributed by atoms with Crippen LogP contribution in [0, 0.1) is 6.92 Å². The highest BCUT2D eigenvalue weighted by atomic mass is 16.3. The number of rotatable bonds is 3.